The Morgan fingerprint density at radius 1 is 1.19 bits per heavy atom. The first kappa shape index (κ1) is 11.5. The monoisotopic (exact) mass is 250 g/mol. The summed E-state index contributed by atoms with van der Waals surface area (Å²) in [6.07, 6.45) is 0.616. The summed E-state index contributed by atoms with van der Waals surface area (Å²) in [6.45, 7) is 0.502. The molecule has 2 rings (SSSR count). The van der Waals surface area contributed by atoms with E-state index in [2.05, 4.69) is 0 Å². The van der Waals surface area contributed by atoms with E-state index >= 15 is 0 Å². The molecule has 0 spiro atoms. The van der Waals surface area contributed by atoms with Crippen molar-refractivity contribution in [2.24, 2.45) is 0 Å². The average Bonchev–Trinajstić information content (AvgIpc) is 2.24. The van der Waals surface area contributed by atoms with E-state index in [4.69, 9.17) is 13.6 Å². The SMILES string of the molecule is O=P1(Oc2ccc(F)c(F)c2)OCCCO1. The third-order valence-corrected chi connectivity index (χ3v) is 3.33. The van der Waals surface area contributed by atoms with Gasteiger partial charge < -0.3 is 4.52 Å². The van der Waals surface area contributed by atoms with Gasteiger partial charge in [0, 0.05) is 6.07 Å². The molecule has 1 aromatic carbocycles. The molecule has 0 atom stereocenters. The van der Waals surface area contributed by atoms with Gasteiger partial charge in [0.05, 0.1) is 13.2 Å². The smallest absolute Gasteiger partial charge is 0.404 e. The van der Waals surface area contributed by atoms with Gasteiger partial charge in [-0.05, 0) is 18.6 Å². The summed E-state index contributed by atoms with van der Waals surface area (Å²) in [5.41, 5.74) is 0. The lowest BCUT2D eigenvalue weighted by molar-refractivity contribution is 0.107. The Bertz CT molecular complexity index is 428. The number of rotatable bonds is 2. The lowest BCUT2D eigenvalue weighted by Crippen LogP contribution is -2.11. The molecule has 88 valence electrons. The molecule has 7 heteroatoms. The molecule has 0 aromatic heterocycles. The summed E-state index contributed by atoms with van der Waals surface area (Å²) in [6, 6.07) is 2.82. The number of benzene rings is 1. The maximum atomic E-state index is 12.8. The van der Waals surface area contributed by atoms with Crippen LogP contribution < -0.4 is 4.52 Å². The third kappa shape index (κ3) is 2.58. The Kier molecular flexibility index (Phi) is 3.23. The molecule has 0 aliphatic carbocycles. The van der Waals surface area contributed by atoms with Crippen LogP contribution in [0.25, 0.3) is 0 Å². The van der Waals surface area contributed by atoms with E-state index in [1.165, 1.54) is 0 Å². The minimum absolute atomic E-state index is 0.0934. The van der Waals surface area contributed by atoms with Crippen molar-refractivity contribution < 1.29 is 26.9 Å². The van der Waals surface area contributed by atoms with Crippen molar-refractivity contribution >= 4 is 7.82 Å². The lowest BCUT2D eigenvalue weighted by atomic mass is 10.3. The Hall–Kier alpha value is -0.970. The topological polar surface area (TPSA) is 44.8 Å². The molecule has 0 unspecified atom stereocenters. The van der Waals surface area contributed by atoms with Gasteiger partial charge >= 0.3 is 7.82 Å². The molecular formula is C9H9F2O4P. The van der Waals surface area contributed by atoms with E-state index in [-0.39, 0.29) is 19.0 Å². The van der Waals surface area contributed by atoms with Crippen LogP contribution in [0.2, 0.25) is 0 Å². The summed E-state index contributed by atoms with van der Waals surface area (Å²) < 4.78 is 51.7. The van der Waals surface area contributed by atoms with Crippen molar-refractivity contribution in [1.29, 1.82) is 0 Å². The molecule has 0 bridgehead atoms. The second-order valence-corrected chi connectivity index (χ2v) is 4.73. The first-order valence-electron chi connectivity index (χ1n) is 4.63. The number of hydrogen-bond acceptors (Lipinski definition) is 4. The van der Waals surface area contributed by atoms with Crippen molar-refractivity contribution in [3.05, 3.63) is 29.8 Å². The van der Waals surface area contributed by atoms with Crippen LogP contribution in [0.15, 0.2) is 18.2 Å². The molecule has 1 aliphatic heterocycles. The fraction of sp³-hybridized carbons (Fsp3) is 0.333. The molecule has 0 amide bonds. The highest BCUT2D eigenvalue weighted by molar-refractivity contribution is 7.49. The summed E-state index contributed by atoms with van der Waals surface area (Å²) in [7, 11) is -3.66. The van der Waals surface area contributed by atoms with E-state index in [1.54, 1.807) is 0 Å². The maximum absolute atomic E-state index is 12.8. The number of hydrogen-bond donors (Lipinski definition) is 0. The second kappa shape index (κ2) is 4.49. The van der Waals surface area contributed by atoms with Gasteiger partial charge in [-0.3, -0.25) is 9.05 Å². The quantitative estimate of drug-likeness (QED) is 0.757. The van der Waals surface area contributed by atoms with Crippen LogP contribution >= 0.6 is 7.82 Å². The zero-order valence-corrected chi connectivity index (χ0v) is 9.08. The molecule has 1 heterocycles. The van der Waals surface area contributed by atoms with Crippen molar-refractivity contribution in [1.82, 2.24) is 0 Å². The lowest BCUT2D eigenvalue weighted by Gasteiger charge is -2.22. The van der Waals surface area contributed by atoms with E-state index < -0.39 is 19.5 Å². The maximum Gasteiger partial charge on any atom is 0.530 e. The highest BCUT2D eigenvalue weighted by Crippen LogP contribution is 2.51. The molecular weight excluding hydrogens is 241 g/mol. The van der Waals surface area contributed by atoms with Crippen molar-refractivity contribution in [2.75, 3.05) is 13.2 Å². The van der Waals surface area contributed by atoms with E-state index in [9.17, 15) is 13.3 Å². The predicted octanol–water partition coefficient (Wildman–Crippen LogP) is 2.89. The van der Waals surface area contributed by atoms with Crippen LogP contribution in [-0.4, -0.2) is 13.2 Å². The van der Waals surface area contributed by atoms with Gasteiger partial charge in [0.2, 0.25) is 0 Å². The highest BCUT2D eigenvalue weighted by Gasteiger charge is 2.31. The minimum Gasteiger partial charge on any atom is -0.404 e. The molecule has 1 aromatic rings. The van der Waals surface area contributed by atoms with Crippen molar-refractivity contribution in [3.8, 4) is 5.75 Å². The Morgan fingerprint density at radius 2 is 1.88 bits per heavy atom. The molecule has 1 fully saturated rings. The molecule has 0 saturated carbocycles. The Balaban J connectivity index is 2.13. The fourth-order valence-electron chi connectivity index (χ4n) is 1.16. The molecule has 4 nitrogen and oxygen atoms in total. The Labute approximate surface area is 90.7 Å². The molecule has 1 aliphatic rings. The Morgan fingerprint density at radius 3 is 2.50 bits per heavy atom. The normalized spacial score (nSPS) is 19.4. The van der Waals surface area contributed by atoms with Gasteiger partial charge in [-0.1, -0.05) is 0 Å². The van der Waals surface area contributed by atoms with Gasteiger partial charge in [0.1, 0.15) is 5.75 Å². The third-order valence-electron chi connectivity index (χ3n) is 1.90. The molecule has 1 saturated heterocycles. The van der Waals surface area contributed by atoms with Gasteiger partial charge in [-0.2, -0.15) is 0 Å². The van der Waals surface area contributed by atoms with Gasteiger partial charge in [0.15, 0.2) is 11.6 Å². The van der Waals surface area contributed by atoms with E-state index in [0.29, 0.717) is 6.42 Å². The van der Waals surface area contributed by atoms with Gasteiger partial charge in [-0.15, -0.1) is 0 Å². The molecule has 0 radical (unpaired) electrons. The van der Waals surface area contributed by atoms with Crippen LogP contribution in [-0.2, 0) is 13.6 Å². The zero-order valence-electron chi connectivity index (χ0n) is 8.19. The predicted molar refractivity (Wildman–Crippen MR) is 51.1 cm³/mol. The fourth-order valence-corrected chi connectivity index (χ4v) is 2.42. The van der Waals surface area contributed by atoms with Crippen molar-refractivity contribution in [2.45, 2.75) is 6.42 Å². The van der Waals surface area contributed by atoms with Crippen molar-refractivity contribution in [3.63, 3.8) is 0 Å². The van der Waals surface area contributed by atoms with Crippen LogP contribution in [0.5, 0.6) is 5.75 Å². The first-order chi connectivity index (χ1) is 7.59. The van der Waals surface area contributed by atoms with E-state index in [0.717, 1.165) is 18.2 Å². The second-order valence-electron chi connectivity index (χ2n) is 3.13. The highest BCUT2D eigenvalue weighted by atomic mass is 31.2. The number of phosphoric ester groups is 1. The zero-order chi connectivity index (χ0) is 11.6. The van der Waals surface area contributed by atoms with Gasteiger partial charge in [0.25, 0.3) is 0 Å². The molecule has 16 heavy (non-hydrogen) atoms. The number of halogens is 2. The molecule has 0 N–H and O–H groups in total. The standard InChI is InChI=1S/C9H9F2O4P/c10-8-3-2-7(6-9(8)11)15-16(12)13-4-1-5-14-16/h2-3,6H,1,4-5H2. The van der Waals surface area contributed by atoms with Crippen LogP contribution in [0.1, 0.15) is 6.42 Å². The van der Waals surface area contributed by atoms with Crippen LogP contribution in [0.3, 0.4) is 0 Å². The van der Waals surface area contributed by atoms with Gasteiger partial charge in [-0.25, -0.2) is 13.3 Å². The largest absolute Gasteiger partial charge is 0.530 e. The summed E-state index contributed by atoms with van der Waals surface area (Å²) >= 11 is 0. The van der Waals surface area contributed by atoms with Crippen LogP contribution in [0.4, 0.5) is 8.78 Å². The minimum atomic E-state index is -3.66. The number of phosphoric acid groups is 1. The first-order valence-corrected chi connectivity index (χ1v) is 6.09. The summed E-state index contributed by atoms with van der Waals surface area (Å²) in [5.74, 6) is -2.18. The average molecular weight is 250 g/mol. The summed E-state index contributed by atoms with van der Waals surface area (Å²) in [4.78, 5) is 0. The van der Waals surface area contributed by atoms with Crippen LogP contribution in [0, 0.1) is 11.6 Å². The summed E-state index contributed by atoms with van der Waals surface area (Å²) in [5, 5.41) is 0. The van der Waals surface area contributed by atoms with E-state index in [1.807, 2.05) is 0 Å².